The van der Waals surface area contributed by atoms with Crippen LogP contribution in [0.25, 0.3) is 0 Å². The lowest BCUT2D eigenvalue weighted by Crippen LogP contribution is -2.56. The van der Waals surface area contributed by atoms with Gasteiger partial charge >= 0.3 is 0 Å². The Morgan fingerprint density at radius 1 is 1.16 bits per heavy atom. The molecular weight excluding hydrogens is 342 g/mol. The van der Waals surface area contributed by atoms with Gasteiger partial charge in [-0.1, -0.05) is 36.6 Å². The minimum Gasteiger partial charge on any atom is -0.357 e. The Morgan fingerprint density at radius 2 is 1.76 bits per heavy atom. The number of rotatable bonds is 6. The van der Waals surface area contributed by atoms with E-state index in [1.54, 1.807) is 31.3 Å². The molecule has 0 radical (unpaired) electrons. The number of likely N-dealkylation sites (N-methyl/N-ethyl adjacent to an activating group) is 1. The van der Waals surface area contributed by atoms with E-state index in [-0.39, 0.29) is 24.1 Å². The molecule has 1 aliphatic rings. The van der Waals surface area contributed by atoms with E-state index in [9.17, 15) is 14.4 Å². The van der Waals surface area contributed by atoms with Gasteiger partial charge in [-0.3, -0.25) is 14.4 Å². The van der Waals surface area contributed by atoms with Gasteiger partial charge in [-0.05, 0) is 30.5 Å². The number of halogens is 1. The number of benzene rings is 1. The van der Waals surface area contributed by atoms with Crippen molar-refractivity contribution in [3.63, 3.8) is 0 Å². The average Bonchev–Trinajstić information content (AvgIpc) is 3.03. The molecular formula is C18H24ClN3O3. The van der Waals surface area contributed by atoms with Gasteiger partial charge in [-0.2, -0.15) is 0 Å². The van der Waals surface area contributed by atoms with Crippen LogP contribution in [0.15, 0.2) is 24.3 Å². The van der Waals surface area contributed by atoms with Gasteiger partial charge in [0.25, 0.3) is 0 Å². The molecule has 0 saturated heterocycles. The number of hydrogen-bond donors (Lipinski definition) is 3. The fourth-order valence-electron chi connectivity index (χ4n) is 3.32. The maximum absolute atomic E-state index is 12.6. The van der Waals surface area contributed by atoms with Crippen LogP contribution in [0.2, 0.25) is 5.02 Å². The first-order chi connectivity index (χ1) is 11.9. The van der Waals surface area contributed by atoms with Gasteiger partial charge in [-0.15, -0.1) is 0 Å². The second-order valence-electron chi connectivity index (χ2n) is 6.43. The molecule has 1 atom stereocenters. The first kappa shape index (κ1) is 19.2. The number of amides is 3. The molecule has 6 nitrogen and oxygen atoms in total. The normalized spacial score (nSPS) is 16.8. The second-order valence-corrected chi connectivity index (χ2v) is 6.86. The minimum atomic E-state index is -0.841. The van der Waals surface area contributed by atoms with Crippen molar-refractivity contribution in [3.05, 3.63) is 34.9 Å². The van der Waals surface area contributed by atoms with E-state index < -0.39 is 11.6 Å². The molecule has 1 aliphatic carbocycles. The number of carbonyl (C=O) groups excluding carboxylic acids is 3. The lowest BCUT2D eigenvalue weighted by Gasteiger charge is -2.29. The number of nitrogens with one attached hydrogen (secondary N) is 3. The van der Waals surface area contributed by atoms with Gasteiger partial charge < -0.3 is 16.0 Å². The third kappa shape index (κ3) is 4.95. The first-order valence-corrected chi connectivity index (χ1v) is 8.80. The van der Waals surface area contributed by atoms with Crippen molar-refractivity contribution >= 4 is 29.3 Å². The maximum Gasteiger partial charge on any atom is 0.245 e. The molecule has 3 N–H and O–H groups in total. The average molecular weight is 366 g/mol. The molecule has 0 aromatic heterocycles. The van der Waals surface area contributed by atoms with Crippen molar-refractivity contribution in [2.75, 3.05) is 7.05 Å². The van der Waals surface area contributed by atoms with Gasteiger partial charge in [0, 0.05) is 19.0 Å². The minimum absolute atomic E-state index is 0.0555. The van der Waals surface area contributed by atoms with Crippen molar-refractivity contribution < 1.29 is 14.4 Å². The highest BCUT2D eigenvalue weighted by molar-refractivity contribution is 6.30. The zero-order valence-electron chi connectivity index (χ0n) is 14.5. The lowest BCUT2D eigenvalue weighted by molar-refractivity contribution is -0.133. The zero-order chi connectivity index (χ0) is 18.4. The largest absolute Gasteiger partial charge is 0.357 e. The number of carbonyl (C=O) groups is 3. The fraction of sp³-hybridized carbons (Fsp3) is 0.500. The van der Waals surface area contributed by atoms with Crippen molar-refractivity contribution in [2.24, 2.45) is 0 Å². The van der Waals surface area contributed by atoms with Gasteiger partial charge in [0.15, 0.2) is 0 Å². The smallest absolute Gasteiger partial charge is 0.245 e. The Kier molecular flexibility index (Phi) is 6.42. The third-order valence-corrected chi connectivity index (χ3v) is 4.79. The summed E-state index contributed by atoms with van der Waals surface area (Å²) in [4.78, 5) is 36.3. The van der Waals surface area contributed by atoms with Crippen LogP contribution in [0.1, 0.15) is 50.6 Å². The van der Waals surface area contributed by atoms with Gasteiger partial charge in [0.05, 0.1) is 12.5 Å². The molecule has 1 aromatic carbocycles. The van der Waals surface area contributed by atoms with E-state index in [0.29, 0.717) is 17.9 Å². The molecule has 1 fully saturated rings. The van der Waals surface area contributed by atoms with Gasteiger partial charge in [0.1, 0.15) is 5.54 Å². The molecule has 1 saturated carbocycles. The summed E-state index contributed by atoms with van der Waals surface area (Å²) in [7, 11) is 1.57. The highest BCUT2D eigenvalue weighted by atomic mass is 35.5. The second kappa shape index (κ2) is 8.34. The van der Waals surface area contributed by atoms with Crippen LogP contribution in [0.5, 0.6) is 0 Å². The quantitative estimate of drug-likeness (QED) is 0.721. The Labute approximate surface area is 152 Å². The standard InChI is InChI=1S/C18H24ClN3O3/c1-12(23)21-15(13-5-7-14(19)8-6-13)11-16(24)22-18(17(25)20-2)9-3-4-10-18/h5-8,15H,3-4,9-11H2,1-2H3,(H,20,25)(H,21,23)(H,22,24). The molecule has 2 rings (SSSR count). The van der Waals surface area contributed by atoms with E-state index in [2.05, 4.69) is 16.0 Å². The summed E-state index contributed by atoms with van der Waals surface area (Å²) in [6.45, 7) is 1.41. The molecule has 0 bridgehead atoms. The van der Waals surface area contributed by atoms with E-state index >= 15 is 0 Å². The molecule has 3 amide bonds. The summed E-state index contributed by atoms with van der Waals surface area (Å²) in [5, 5.41) is 8.90. The molecule has 0 aliphatic heterocycles. The molecule has 1 aromatic rings. The Morgan fingerprint density at radius 3 is 2.28 bits per heavy atom. The monoisotopic (exact) mass is 365 g/mol. The summed E-state index contributed by atoms with van der Waals surface area (Å²) in [5.74, 6) is -0.658. The van der Waals surface area contributed by atoms with Crippen LogP contribution >= 0.6 is 11.6 Å². The molecule has 1 unspecified atom stereocenters. The fourth-order valence-corrected chi connectivity index (χ4v) is 3.45. The number of hydrogen-bond acceptors (Lipinski definition) is 3. The summed E-state index contributed by atoms with van der Waals surface area (Å²) < 4.78 is 0. The summed E-state index contributed by atoms with van der Waals surface area (Å²) in [6, 6.07) is 6.51. The summed E-state index contributed by atoms with van der Waals surface area (Å²) >= 11 is 5.90. The predicted octanol–water partition coefficient (Wildman–Crippen LogP) is 2.08. The van der Waals surface area contributed by atoms with Crippen LogP contribution in [0.4, 0.5) is 0 Å². The Balaban J connectivity index is 2.12. The third-order valence-electron chi connectivity index (χ3n) is 4.54. The zero-order valence-corrected chi connectivity index (χ0v) is 15.3. The highest BCUT2D eigenvalue weighted by Gasteiger charge is 2.42. The molecule has 7 heteroatoms. The Hall–Kier alpha value is -2.08. The topological polar surface area (TPSA) is 87.3 Å². The van der Waals surface area contributed by atoms with E-state index in [1.165, 1.54) is 6.92 Å². The molecule has 25 heavy (non-hydrogen) atoms. The van der Waals surface area contributed by atoms with Gasteiger partial charge in [0.2, 0.25) is 17.7 Å². The molecule has 0 spiro atoms. The van der Waals surface area contributed by atoms with Crippen LogP contribution < -0.4 is 16.0 Å². The van der Waals surface area contributed by atoms with Crippen LogP contribution in [0, 0.1) is 0 Å². The highest BCUT2D eigenvalue weighted by Crippen LogP contribution is 2.30. The molecule has 136 valence electrons. The van der Waals surface area contributed by atoms with E-state index in [0.717, 1.165) is 18.4 Å². The predicted molar refractivity (Wildman–Crippen MR) is 96.0 cm³/mol. The maximum atomic E-state index is 12.6. The van der Waals surface area contributed by atoms with Crippen molar-refractivity contribution in [1.29, 1.82) is 0 Å². The first-order valence-electron chi connectivity index (χ1n) is 8.42. The SMILES string of the molecule is CNC(=O)C1(NC(=O)CC(NC(C)=O)c2ccc(Cl)cc2)CCCC1. The van der Waals surface area contributed by atoms with Crippen LogP contribution in [-0.4, -0.2) is 30.3 Å². The van der Waals surface area contributed by atoms with Crippen LogP contribution in [0.3, 0.4) is 0 Å². The Bertz CT molecular complexity index is 639. The van der Waals surface area contributed by atoms with Crippen molar-refractivity contribution in [2.45, 2.75) is 50.6 Å². The van der Waals surface area contributed by atoms with Crippen molar-refractivity contribution in [1.82, 2.24) is 16.0 Å². The van der Waals surface area contributed by atoms with Gasteiger partial charge in [-0.25, -0.2) is 0 Å². The van der Waals surface area contributed by atoms with Crippen molar-refractivity contribution in [3.8, 4) is 0 Å². The van der Waals surface area contributed by atoms with Crippen LogP contribution in [-0.2, 0) is 14.4 Å². The molecule has 0 heterocycles. The van der Waals surface area contributed by atoms with E-state index in [4.69, 9.17) is 11.6 Å². The lowest BCUT2D eigenvalue weighted by atomic mass is 9.95. The summed E-state index contributed by atoms with van der Waals surface area (Å²) in [6.07, 6.45) is 3.12. The summed E-state index contributed by atoms with van der Waals surface area (Å²) in [5.41, 5.74) is -0.0535. The van der Waals surface area contributed by atoms with E-state index in [1.807, 2.05) is 0 Å².